The molecule has 6 heterocycles. The number of aromatic nitrogens is 2. The molecule has 4 aliphatic heterocycles. The molecule has 0 fully saturated rings. The van der Waals surface area contributed by atoms with Crippen LogP contribution in [0.4, 0.5) is 35.1 Å². The minimum absolute atomic E-state index is 0.133. The Morgan fingerprint density at radius 1 is 0.390 bits per heavy atom. The fourth-order valence-electron chi connectivity index (χ4n) is 13.9. The van der Waals surface area contributed by atoms with Crippen molar-refractivity contribution in [3.8, 4) is 0 Å². The van der Waals surface area contributed by atoms with Crippen LogP contribution in [-0.2, 0) is 19.5 Å². The van der Waals surface area contributed by atoms with Gasteiger partial charge >= 0.3 is 24.1 Å². The van der Waals surface area contributed by atoms with Gasteiger partial charge in [0, 0.05) is 69.9 Å². The number of carbonyl (C=O) groups is 4. The maximum Gasteiger partial charge on any atom is 0.347 e. The third-order valence-corrected chi connectivity index (χ3v) is 25.6. The van der Waals surface area contributed by atoms with Gasteiger partial charge in [-0.3, -0.25) is 9.88 Å². The number of hydrogen-bond donors (Lipinski definition) is 5. The van der Waals surface area contributed by atoms with Gasteiger partial charge in [-0.15, -0.1) is 0 Å². The standard InChI is InChI=1S/C25H27N5OS.C24H25N5OS.C21H25FN4OS.C21H26N4OS/c1-19-10-8-11-20(18-19)23-28-30(24(31)29(2)22-14-6-7-17-27-22)25(32-23,15-9-16-26)21-12-4-3-5-13-21;1-18-8-5-9-19(16-18)22-28-29(23(30)27-21-12-6-15-26-17-21)24(31-22,13-7-14-25)20-10-3-2-4-11-20;1-15-10-11-18(22)17(14-15)19-24-26(20(27)25(2)3)21(28-19,12-7-13-23)16-8-5-4-6-9-16;1-16-9-7-10-17(15-16)19-23-25(20(26)24(2)3)21(27-19,13-8-14-22)18-11-5-4-6-12-18/h3-8,10-14,17-18H,9,15-16,26H2,1-2H3;2-6,8-12,15-17H,7,13-14,25H2,1H3,(H,27,30);4-6,8-11,14H,7,12-13,23H2,1-3H3;4-7,9-12,15H,8,13-14,22H2,1-3H3. The molecular weight excluding hydrogens is 1560 g/mol. The van der Waals surface area contributed by atoms with Crippen LogP contribution in [0.25, 0.3) is 0 Å². The summed E-state index contributed by atoms with van der Waals surface area (Å²) in [5.74, 6) is 0.222. The van der Waals surface area contributed by atoms with Gasteiger partial charge < -0.3 is 38.1 Å². The van der Waals surface area contributed by atoms with Gasteiger partial charge in [-0.1, -0.05) is 257 Å². The normalized spacial score (nSPS) is 18.4. The molecule has 8 amide bonds. The van der Waals surface area contributed by atoms with E-state index in [2.05, 4.69) is 102 Å². The molecule has 8 aromatic carbocycles. The third kappa shape index (κ3) is 20.4. The van der Waals surface area contributed by atoms with Crippen LogP contribution in [0.2, 0.25) is 0 Å². The summed E-state index contributed by atoms with van der Waals surface area (Å²) < 4.78 is 14.6. The maximum atomic E-state index is 14.6. The Labute approximate surface area is 708 Å². The van der Waals surface area contributed by atoms with E-state index in [1.807, 2.05) is 165 Å². The van der Waals surface area contributed by atoms with Crippen LogP contribution in [0.15, 0.2) is 282 Å². The first kappa shape index (κ1) is 87.8. The lowest BCUT2D eigenvalue weighted by Crippen LogP contribution is -2.47. The highest BCUT2D eigenvalue weighted by Crippen LogP contribution is 2.55. The van der Waals surface area contributed by atoms with Gasteiger partial charge in [0.15, 0.2) is 0 Å². The molecule has 0 spiro atoms. The Morgan fingerprint density at radius 3 is 1.10 bits per heavy atom. The Hall–Kier alpha value is -11.0. The highest BCUT2D eigenvalue weighted by atomic mass is 32.2. The first-order chi connectivity index (χ1) is 57.0. The van der Waals surface area contributed by atoms with Gasteiger partial charge in [-0.05, 0) is 182 Å². The highest BCUT2D eigenvalue weighted by molar-refractivity contribution is 8.16. The number of amides is 8. The van der Waals surface area contributed by atoms with E-state index in [1.165, 1.54) is 33.3 Å². The first-order valence-electron chi connectivity index (χ1n) is 39.2. The molecule has 9 N–H and O–H groups in total. The van der Waals surface area contributed by atoms with Crippen LogP contribution in [0, 0.1) is 33.5 Å². The number of urea groups is 4. The van der Waals surface area contributed by atoms with E-state index >= 15 is 0 Å². The Balaban J connectivity index is 0.000000155. The van der Waals surface area contributed by atoms with E-state index < -0.39 is 19.5 Å². The van der Waals surface area contributed by atoms with Crippen molar-refractivity contribution in [2.75, 3.05) is 71.6 Å². The van der Waals surface area contributed by atoms with Crippen molar-refractivity contribution < 1.29 is 23.6 Å². The van der Waals surface area contributed by atoms with Crippen LogP contribution in [0.3, 0.4) is 0 Å². The van der Waals surface area contributed by atoms with Crippen molar-refractivity contribution in [2.45, 2.75) is 98.5 Å². The fourth-order valence-corrected chi connectivity index (χ4v) is 19.5. The summed E-state index contributed by atoms with van der Waals surface area (Å²) in [6.45, 7) is 10.2. The predicted octanol–water partition coefficient (Wildman–Crippen LogP) is 18.0. The quantitative estimate of drug-likeness (QED) is 0.0422. The number of aryl methyl sites for hydroxylation is 4. The third-order valence-electron chi connectivity index (χ3n) is 19.8. The molecule has 0 aliphatic carbocycles. The van der Waals surface area contributed by atoms with Crippen molar-refractivity contribution in [1.82, 2.24) is 39.8 Å². The van der Waals surface area contributed by atoms with Gasteiger partial charge in [0.05, 0.1) is 11.9 Å². The van der Waals surface area contributed by atoms with Crippen LogP contribution in [0.5, 0.6) is 0 Å². The average Bonchev–Trinajstić information content (AvgIpc) is 1.61. The number of carbonyl (C=O) groups excluding carboxylic acids is 4. The van der Waals surface area contributed by atoms with Gasteiger partial charge in [0.1, 0.15) is 51.3 Å². The molecule has 0 radical (unpaired) electrons. The molecule has 14 rings (SSSR count). The Bertz CT molecular complexity index is 5180. The zero-order chi connectivity index (χ0) is 84.0. The average molecular weight is 1660 g/mol. The number of nitrogens with zero attached hydrogens (tertiary/aromatic N) is 13. The SMILES string of the molecule is Cc1ccc(F)c(C2=NN(C(=O)N(C)C)C(CCCN)(c3ccccc3)S2)c1.Cc1cccc(C2=NN(C(=O)N(C)C)C(CCCN)(c3ccccc3)S2)c1.Cc1cccc(C2=NN(C(=O)N(C)c3ccccn3)C(CCCN)(c3ccccc3)S2)c1.Cc1cccc(C2=NN(C(=O)Nc3cccnc3)C(CCCN)(c3ccccc3)S2)c1. The lowest BCUT2D eigenvalue weighted by Gasteiger charge is -2.37. The number of benzene rings is 8. The predicted molar refractivity (Wildman–Crippen MR) is 484 cm³/mol. The molecule has 0 saturated carbocycles. The van der Waals surface area contributed by atoms with Crippen molar-refractivity contribution in [3.63, 3.8) is 0 Å². The van der Waals surface area contributed by atoms with E-state index in [1.54, 1.807) is 132 Å². The monoisotopic (exact) mass is 1660 g/mol. The second-order valence-electron chi connectivity index (χ2n) is 29.1. The summed E-state index contributed by atoms with van der Waals surface area (Å²) in [5.41, 5.74) is 35.9. The number of hydrazone groups is 4. The molecule has 118 heavy (non-hydrogen) atoms. The summed E-state index contributed by atoms with van der Waals surface area (Å²) in [6.07, 6.45) is 10.7. The molecule has 0 saturated heterocycles. The summed E-state index contributed by atoms with van der Waals surface area (Å²) in [6, 6.07) is 77.7. The van der Waals surface area contributed by atoms with Gasteiger partial charge in [-0.25, -0.2) is 28.6 Å². The number of anilines is 2. The minimum atomic E-state index is -0.770. The molecule has 4 unspecified atom stereocenters. The van der Waals surface area contributed by atoms with Crippen LogP contribution >= 0.6 is 47.0 Å². The molecule has 2 aromatic heterocycles. The Morgan fingerprint density at radius 2 is 0.746 bits per heavy atom. The largest absolute Gasteiger partial charge is 0.347 e. The second kappa shape index (κ2) is 40.9. The van der Waals surface area contributed by atoms with Crippen molar-refractivity contribution >= 4 is 103 Å². The molecule has 612 valence electrons. The van der Waals surface area contributed by atoms with Crippen LogP contribution in [0.1, 0.15) is 118 Å². The number of hydrogen-bond acceptors (Lipinski definition) is 18. The number of nitrogens with two attached hydrogens (primary N) is 4. The van der Waals surface area contributed by atoms with Crippen molar-refractivity contribution in [1.29, 1.82) is 0 Å². The summed E-state index contributed by atoms with van der Waals surface area (Å²) >= 11 is 6.27. The van der Waals surface area contributed by atoms with E-state index in [4.69, 9.17) is 38.2 Å². The van der Waals surface area contributed by atoms with Crippen molar-refractivity contribution in [3.05, 3.63) is 334 Å². The smallest absolute Gasteiger partial charge is 0.330 e. The topological polar surface area (TPSA) is 282 Å². The maximum absolute atomic E-state index is 14.6. The lowest BCUT2D eigenvalue weighted by atomic mass is 10.0. The van der Waals surface area contributed by atoms with E-state index in [0.717, 1.165) is 96.4 Å². The number of halogens is 1. The number of thioether (sulfide) groups is 4. The van der Waals surface area contributed by atoms with Crippen LogP contribution in [-0.4, -0.2) is 146 Å². The molecular formula is C91H103FN18O4S4. The van der Waals surface area contributed by atoms with Gasteiger partial charge in [0.2, 0.25) is 0 Å². The fraction of sp³-hybridized carbons (Fsp3) is 0.275. The number of nitrogens with one attached hydrogen (secondary N) is 1. The second-order valence-corrected chi connectivity index (χ2v) is 34.2. The van der Waals surface area contributed by atoms with E-state index in [-0.39, 0.29) is 29.9 Å². The zero-order valence-electron chi connectivity index (χ0n) is 68.1. The molecule has 4 aliphatic rings. The molecule has 10 aromatic rings. The number of rotatable bonds is 22. The lowest BCUT2D eigenvalue weighted by molar-refractivity contribution is 0.138. The molecule has 27 heteroatoms. The highest BCUT2D eigenvalue weighted by Gasteiger charge is 2.53. The van der Waals surface area contributed by atoms with Crippen molar-refractivity contribution in [2.24, 2.45) is 43.3 Å². The van der Waals surface area contributed by atoms with E-state index in [0.29, 0.717) is 74.0 Å². The molecule has 4 atom stereocenters. The van der Waals surface area contributed by atoms with Gasteiger partial charge in [-0.2, -0.15) is 40.4 Å². The minimum Gasteiger partial charge on any atom is -0.330 e. The molecule has 22 nitrogen and oxygen atoms in total. The van der Waals surface area contributed by atoms with Crippen LogP contribution < -0.4 is 33.2 Å². The zero-order valence-corrected chi connectivity index (χ0v) is 71.3. The summed E-state index contributed by atoms with van der Waals surface area (Å²) in [5, 5.41) is 31.3. The first-order valence-corrected chi connectivity index (χ1v) is 42.4. The van der Waals surface area contributed by atoms with E-state index in [9.17, 15) is 23.6 Å². The summed E-state index contributed by atoms with van der Waals surface area (Å²) in [7, 11) is 8.62. The summed E-state index contributed by atoms with van der Waals surface area (Å²) in [4.78, 5) is 63.6. The number of pyridine rings is 2. The molecule has 0 bridgehead atoms. The van der Waals surface area contributed by atoms with Gasteiger partial charge in [0.25, 0.3) is 0 Å². The Kier molecular flexibility index (Phi) is 30.4.